The molecule has 0 aliphatic heterocycles. The van der Waals surface area contributed by atoms with Crippen LogP contribution in [0.25, 0.3) is 0 Å². The van der Waals surface area contributed by atoms with Crippen LogP contribution in [-0.4, -0.2) is 14.2 Å². The predicted molar refractivity (Wildman–Crippen MR) is 80.1 cm³/mol. The van der Waals surface area contributed by atoms with Crippen LogP contribution in [0, 0.1) is 6.92 Å². The van der Waals surface area contributed by atoms with Gasteiger partial charge in [0.2, 0.25) is 0 Å². The number of aryl methyl sites for hydroxylation is 1. The van der Waals surface area contributed by atoms with Crippen LogP contribution >= 0.6 is 0 Å². The highest BCUT2D eigenvalue weighted by molar-refractivity contribution is 5.71. The van der Waals surface area contributed by atoms with Gasteiger partial charge in [0.15, 0.2) is 0 Å². The summed E-state index contributed by atoms with van der Waals surface area (Å²) in [5, 5.41) is 0. The standard InChI is InChI=1S/C16H20N2O/c1-12-8-9-13(11-17)15(10-12)18(2)14-6-4-5-7-16(14)19-3/h4-10H,11,17H2,1-3H3. The van der Waals surface area contributed by atoms with Gasteiger partial charge >= 0.3 is 0 Å². The van der Waals surface area contributed by atoms with Gasteiger partial charge in [-0.15, -0.1) is 0 Å². The first-order valence-electron chi connectivity index (χ1n) is 6.33. The van der Waals surface area contributed by atoms with Crippen LogP contribution in [0.15, 0.2) is 42.5 Å². The molecule has 0 bridgehead atoms. The lowest BCUT2D eigenvalue weighted by Gasteiger charge is -2.24. The zero-order valence-electron chi connectivity index (χ0n) is 11.7. The molecule has 0 fully saturated rings. The number of nitrogens with zero attached hydrogens (tertiary/aromatic N) is 1. The molecule has 0 spiro atoms. The van der Waals surface area contributed by atoms with Crippen molar-refractivity contribution in [1.29, 1.82) is 0 Å². The Bertz CT molecular complexity index is 566. The average molecular weight is 256 g/mol. The van der Waals surface area contributed by atoms with Crippen LogP contribution in [-0.2, 0) is 6.54 Å². The molecule has 2 aromatic carbocycles. The smallest absolute Gasteiger partial charge is 0.142 e. The molecule has 0 aromatic heterocycles. The SMILES string of the molecule is COc1ccccc1N(C)c1cc(C)ccc1CN. The van der Waals surface area contributed by atoms with Crippen molar-refractivity contribution in [3.63, 3.8) is 0 Å². The van der Waals surface area contributed by atoms with Gasteiger partial charge in [-0.1, -0.05) is 24.3 Å². The molecule has 0 heterocycles. The second-order valence-electron chi connectivity index (χ2n) is 4.57. The Labute approximate surface area is 114 Å². The number of benzene rings is 2. The van der Waals surface area contributed by atoms with Crippen molar-refractivity contribution >= 4 is 11.4 Å². The van der Waals surface area contributed by atoms with Crippen LogP contribution in [0.1, 0.15) is 11.1 Å². The molecule has 100 valence electrons. The number of para-hydroxylation sites is 2. The summed E-state index contributed by atoms with van der Waals surface area (Å²) in [4.78, 5) is 2.12. The predicted octanol–water partition coefficient (Wildman–Crippen LogP) is 3.23. The molecule has 0 amide bonds. The third-order valence-corrected chi connectivity index (χ3v) is 3.27. The largest absolute Gasteiger partial charge is 0.495 e. The molecule has 0 saturated carbocycles. The van der Waals surface area contributed by atoms with E-state index in [0.717, 1.165) is 22.7 Å². The highest BCUT2D eigenvalue weighted by atomic mass is 16.5. The fraction of sp³-hybridized carbons (Fsp3) is 0.250. The summed E-state index contributed by atoms with van der Waals surface area (Å²) >= 11 is 0. The van der Waals surface area contributed by atoms with E-state index in [4.69, 9.17) is 10.5 Å². The van der Waals surface area contributed by atoms with E-state index in [2.05, 4.69) is 30.0 Å². The van der Waals surface area contributed by atoms with E-state index < -0.39 is 0 Å². The zero-order valence-corrected chi connectivity index (χ0v) is 11.7. The lowest BCUT2D eigenvalue weighted by Crippen LogP contribution is -2.14. The van der Waals surface area contributed by atoms with Gasteiger partial charge in [0.25, 0.3) is 0 Å². The third-order valence-electron chi connectivity index (χ3n) is 3.27. The van der Waals surface area contributed by atoms with Crippen LogP contribution in [0.5, 0.6) is 5.75 Å². The second kappa shape index (κ2) is 5.76. The molecular weight excluding hydrogens is 236 g/mol. The van der Waals surface area contributed by atoms with Crippen molar-refractivity contribution in [3.05, 3.63) is 53.6 Å². The van der Waals surface area contributed by atoms with Gasteiger partial charge in [0.1, 0.15) is 5.75 Å². The molecule has 2 aromatic rings. The maximum Gasteiger partial charge on any atom is 0.142 e. The fourth-order valence-corrected chi connectivity index (χ4v) is 2.20. The molecule has 0 atom stereocenters. The molecule has 0 unspecified atom stereocenters. The van der Waals surface area contributed by atoms with Crippen LogP contribution in [0.3, 0.4) is 0 Å². The zero-order chi connectivity index (χ0) is 13.8. The molecule has 19 heavy (non-hydrogen) atoms. The molecule has 3 nitrogen and oxygen atoms in total. The van der Waals surface area contributed by atoms with Gasteiger partial charge in [-0.05, 0) is 36.2 Å². The first-order valence-corrected chi connectivity index (χ1v) is 6.33. The number of anilines is 2. The molecule has 0 aliphatic rings. The van der Waals surface area contributed by atoms with Crippen molar-refractivity contribution in [1.82, 2.24) is 0 Å². The molecule has 0 radical (unpaired) electrons. The summed E-state index contributed by atoms with van der Waals surface area (Å²) in [6, 6.07) is 14.3. The minimum Gasteiger partial charge on any atom is -0.495 e. The molecule has 3 heteroatoms. The van der Waals surface area contributed by atoms with Gasteiger partial charge in [0.05, 0.1) is 12.8 Å². The Morgan fingerprint density at radius 1 is 1.11 bits per heavy atom. The minimum absolute atomic E-state index is 0.523. The lowest BCUT2D eigenvalue weighted by atomic mass is 10.1. The quantitative estimate of drug-likeness (QED) is 0.912. The Hall–Kier alpha value is -2.00. The number of nitrogens with two attached hydrogens (primary N) is 1. The van der Waals surface area contributed by atoms with Gasteiger partial charge in [-0.25, -0.2) is 0 Å². The maximum absolute atomic E-state index is 5.83. The van der Waals surface area contributed by atoms with Crippen molar-refractivity contribution in [3.8, 4) is 5.75 Å². The Morgan fingerprint density at radius 2 is 1.84 bits per heavy atom. The van der Waals surface area contributed by atoms with Crippen LogP contribution < -0.4 is 15.4 Å². The minimum atomic E-state index is 0.523. The van der Waals surface area contributed by atoms with E-state index >= 15 is 0 Å². The van der Waals surface area contributed by atoms with Crippen molar-refractivity contribution < 1.29 is 4.74 Å². The third kappa shape index (κ3) is 2.71. The van der Waals surface area contributed by atoms with Crippen LogP contribution in [0.2, 0.25) is 0 Å². The van der Waals surface area contributed by atoms with Gasteiger partial charge in [0, 0.05) is 19.3 Å². The highest BCUT2D eigenvalue weighted by Crippen LogP contribution is 2.34. The average Bonchev–Trinajstić information content (AvgIpc) is 2.46. The summed E-state index contributed by atoms with van der Waals surface area (Å²) in [7, 11) is 3.72. The summed E-state index contributed by atoms with van der Waals surface area (Å²) in [5.74, 6) is 0.856. The molecular formula is C16H20N2O. The summed E-state index contributed by atoms with van der Waals surface area (Å²) in [5.41, 5.74) is 10.3. The first-order chi connectivity index (χ1) is 9.17. The molecule has 2 N–H and O–H groups in total. The van der Waals surface area contributed by atoms with Crippen molar-refractivity contribution in [2.75, 3.05) is 19.1 Å². The molecule has 0 aliphatic carbocycles. The second-order valence-corrected chi connectivity index (χ2v) is 4.57. The Morgan fingerprint density at radius 3 is 2.53 bits per heavy atom. The summed E-state index contributed by atoms with van der Waals surface area (Å²) in [6.07, 6.45) is 0. The summed E-state index contributed by atoms with van der Waals surface area (Å²) < 4.78 is 5.42. The monoisotopic (exact) mass is 256 g/mol. The topological polar surface area (TPSA) is 38.5 Å². The Balaban J connectivity index is 2.49. The molecule has 0 saturated heterocycles. The van der Waals surface area contributed by atoms with E-state index in [9.17, 15) is 0 Å². The number of rotatable bonds is 4. The first kappa shape index (κ1) is 13.4. The van der Waals surface area contributed by atoms with E-state index in [1.54, 1.807) is 7.11 Å². The molecule has 2 rings (SSSR count). The van der Waals surface area contributed by atoms with Gasteiger partial charge < -0.3 is 15.4 Å². The van der Waals surface area contributed by atoms with E-state index in [-0.39, 0.29) is 0 Å². The maximum atomic E-state index is 5.83. The van der Waals surface area contributed by atoms with E-state index in [0.29, 0.717) is 6.54 Å². The van der Waals surface area contributed by atoms with E-state index in [1.807, 2.05) is 31.3 Å². The van der Waals surface area contributed by atoms with Crippen LogP contribution in [0.4, 0.5) is 11.4 Å². The Kier molecular flexibility index (Phi) is 4.07. The summed E-state index contributed by atoms with van der Waals surface area (Å²) in [6.45, 7) is 2.61. The number of methoxy groups -OCH3 is 1. The normalized spacial score (nSPS) is 10.3. The van der Waals surface area contributed by atoms with Crippen molar-refractivity contribution in [2.24, 2.45) is 5.73 Å². The van der Waals surface area contributed by atoms with Gasteiger partial charge in [-0.2, -0.15) is 0 Å². The van der Waals surface area contributed by atoms with Gasteiger partial charge in [-0.3, -0.25) is 0 Å². The number of hydrogen-bond donors (Lipinski definition) is 1. The highest BCUT2D eigenvalue weighted by Gasteiger charge is 2.12. The lowest BCUT2D eigenvalue weighted by molar-refractivity contribution is 0.415. The van der Waals surface area contributed by atoms with Crippen molar-refractivity contribution in [2.45, 2.75) is 13.5 Å². The van der Waals surface area contributed by atoms with E-state index in [1.165, 1.54) is 5.56 Å². The number of hydrogen-bond acceptors (Lipinski definition) is 3. The number of ether oxygens (including phenoxy) is 1. The fourth-order valence-electron chi connectivity index (χ4n) is 2.20.